The van der Waals surface area contributed by atoms with Gasteiger partial charge in [-0.3, -0.25) is 0 Å². The van der Waals surface area contributed by atoms with Gasteiger partial charge in [0.15, 0.2) is 0 Å². The third-order valence-electron chi connectivity index (χ3n) is 1.74. The first-order valence-corrected chi connectivity index (χ1v) is 4.42. The molecule has 0 saturated heterocycles. The SMILES string of the molecule is CNCCC#Cc1ccc(F)cc1N. The van der Waals surface area contributed by atoms with Gasteiger partial charge in [-0.1, -0.05) is 11.8 Å². The van der Waals surface area contributed by atoms with Crippen molar-refractivity contribution in [1.29, 1.82) is 0 Å². The highest BCUT2D eigenvalue weighted by Gasteiger charge is 1.96. The summed E-state index contributed by atoms with van der Waals surface area (Å²) in [6.07, 6.45) is 0.757. The van der Waals surface area contributed by atoms with Gasteiger partial charge in [0, 0.05) is 18.5 Å². The molecule has 0 aliphatic heterocycles. The molecule has 0 aliphatic rings. The van der Waals surface area contributed by atoms with E-state index in [0.29, 0.717) is 11.3 Å². The number of rotatable bonds is 2. The van der Waals surface area contributed by atoms with Crippen LogP contribution < -0.4 is 11.1 Å². The maximum absolute atomic E-state index is 12.7. The molecule has 0 unspecified atom stereocenters. The van der Waals surface area contributed by atoms with Crippen molar-refractivity contribution in [2.45, 2.75) is 6.42 Å². The molecule has 0 radical (unpaired) electrons. The number of nitrogens with one attached hydrogen (secondary N) is 1. The molecule has 0 atom stereocenters. The lowest BCUT2D eigenvalue weighted by molar-refractivity contribution is 0.628. The van der Waals surface area contributed by atoms with Crippen LogP contribution in [0.25, 0.3) is 0 Å². The smallest absolute Gasteiger partial charge is 0.125 e. The number of anilines is 1. The van der Waals surface area contributed by atoms with E-state index in [-0.39, 0.29) is 5.82 Å². The van der Waals surface area contributed by atoms with Gasteiger partial charge in [0.05, 0.1) is 5.69 Å². The Morgan fingerprint density at radius 2 is 2.29 bits per heavy atom. The molecule has 1 aromatic rings. The van der Waals surface area contributed by atoms with Crippen molar-refractivity contribution < 1.29 is 4.39 Å². The third kappa shape index (κ3) is 3.08. The fourth-order valence-electron chi connectivity index (χ4n) is 0.993. The molecular formula is C11H13FN2. The number of hydrogen-bond donors (Lipinski definition) is 2. The molecule has 0 spiro atoms. The van der Waals surface area contributed by atoms with Gasteiger partial charge in [-0.2, -0.15) is 0 Å². The van der Waals surface area contributed by atoms with Crippen LogP contribution in [0, 0.1) is 17.7 Å². The molecule has 0 heterocycles. The first-order chi connectivity index (χ1) is 6.74. The summed E-state index contributed by atoms with van der Waals surface area (Å²) in [4.78, 5) is 0. The zero-order chi connectivity index (χ0) is 10.4. The average molecular weight is 192 g/mol. The van der Waals surface area contributed by atoms with E-state index in [9.17, 15) is 4.39 Å². The molecule has 2 nitrogen and oxygen atoms in total. The molecule has 74 valence electrons. The molecule has 3 N–H and O–H groups in total. The third-order valence-corrected chi connectivity index (χ3v) is 1.74. The summed E-state index contributed by atoms with van der Waals surface area (Å²) in [6.45, 7) is 0.841. The molecule has 14 heavy (non-hydrogen) atoms. The van der Waals surface area contributed by atoms with Gasteiger partial charge in [-0.15, -0.1) is 0 Å². The highest BCUT2D eigenvalue weighted by Crippen LogP contribution is 2.11. The molecule has 0 aromatic heterocycles. The Balaban J connectivity index is 2.70. The molecule has 1 rings (SSSR count). The molecule has 0 saturated carbocycles. The van der Waals surface area contributed by atoms with Gasteiger partial charge >= 0.3 is 0 Å². The molecule has 1 aromatic carbocycles. The number of nitrogen functional groups attached to an aromatic ring is 1. The summed E-state index contributed by atoms with van der Waals surface area (Å²) < 4.78 is 12.7. The summed E-state index contributed by atoms with van der Waals surface area (Å²) in [7, 11) is 1.87. The Morgan fingerprint density at radius 3 is 2.93 bits per heavy atom. The number of benzene rings is 1. The minimum absolute atomic E-state index is 0.330. The van der Waals surface area contributed by atoms with Crippen molar-refractivity contribution in [3.8, 4) is 11.8 Å². The van der Waals surface area contributed by atoms with E-state index in [0.717, 1.165) is 13.0 Å². The van der Waals surface area contributed by atoms with E-state index in [2.05, 4.69) is 17.2 Å². The Kier molecular flexibility index (Phi) is 3.96. The Hall–Kier alpha value is -1.53. The Bertz CT molecular complexity index is 363. The maximum Gasteiger partial charge on any atom is 0.125 e. The van der Waals surface area contributed by atoms with Crippen molar-refractivity contribution in [3.05, 3.63) is 29.6 Å². The zero-order valence-electron chi connectivity index (χ0n) is 8.10. The van der Waals surface area contributed by atoms with Crippen molar-refractivity contribution in [3.63, 3.8) is 0 Å². The van der Waals surface area contributed by atoms with Gasteiger partial charge in [0.25, 0.3) is 0 Å². The van der Waals surface area contributed by atoms with Crippen molar-refractivity contribution in [1.82, 2.24) is 5.32 Å². The van der Waals surface area contributed by atoms with E-state index in [4.69, 9.17) is 5.73 Å². The fourth-order valence-corrected chi connectivity index (χ4v) is 0.993. The fraction of sp³-hybridized carbons (Fsp3) is 0.273. The molecular weight excluding hydrogens is 179 g/mol. The first kappa shape index (κ1) is 10.6. The highest BCUT2D eigenvalue weighted by atomic mass is 19.1. The van der Waals surface area contributed by atoms with E-state index in [1.807, 2.05) is 7.05 Å². The van der Waals surface area contributed by atoms with Crippen LogP contribution in [-0.4, -0.2) is 13.6 Å². The van der Waals surface area contributed by atoms with E-state index in [1.165, 1.54) is 12.1 Å². The summed E-state index contributed by atoms with van der Waals surface area (Å²) in [5.74, 6) is 5.51. The molecule has 0 fully saturated rings. The minimum atomic E-state index is -0.330. The second-order valence-corrected chi connectivity index (χ2v) is 2.89. The van der Waals surface area contributed by atoms with Gasteiger partial charge in [0.1, 0.15) is 5.82 Å². The van der Waals surface area contributed by atoms with Gasteiger partial charge in [0.2, 0.25) is 0 Å². The van der Waals surface area contributed by atoms with Crippen LogP contribution in [0.4, 0.5) is 10.1 Å². The lowest BCUT2D eigenvalue weighted by atomic mass is 10.2. The number of hydrogen-bond acceptors (Lipinski definition) is 2. The van der Waals surface area contributed by atoms with Crippen LogP contribution >= 0.6 is 0 Å². The van der Waals surface area contributed by atoms with Crippen molar-refractivity contribution in [2.24, 2.45) is 0 Å². The number of halogens is 1. The van der Waals surface area contributed by atoms with Gasteiger partial charge in [-0.05, 0) is 25.2 Å². The van der Waals surface area contributed by atoms with Crippen molar-refractivity contribution in [2.75, 3.05) is 19.3 Å². The van der Waals surface area contributed by atoms with Crippen LogP contribution in [0.1, 0.15) is 12.0 Å². The standard InChI is InChI=1S/C11H13FN2/c1-14-7-3-2-4-9-5-6-10(12)8-11(9)13/h5-6,8,14H,3,7,13H2,1H3. The highest BCUT2D eigenvalue weighted by molar-refractivity contribution is 5.55. The predicted octanol–water partition coefficient (Wildman–Crippen LogP) is 1.37. The molecule has 3 heteroatoms. The van der Waals surface area contributed by atoms with Gasteiger partial charge in [-0.25, -0.2) is 4.39 Å². The summed E-state index contributed by atoms with van der Waals surface area (Å²) in [5, 5.41) is 2.98. The van der Waals surface area contributed by atoms with Gasteiger partial charge < -0.3 is 11.1 Å². The molecule has 0 amide bonds. The minimum Gasteiger partial charge on any atom is -0.398 e. The maximum atomic E-state index is 12.7. The van der Waals surface area contributed by atoms with Crippen LogP contribution in [0.15, 0.2) is 18.2 Å². The normalized spacial score (nSPS) is 9.29. The largest absolute Gasteiger partial charge is 0.398 e. The Morgan fingerprint density at radius 1 is 1.50 bits per heavy atom. The van der Waals surface area contributed by atoms with E-state index in [1.54, 1.807) is 6.07 Å². The van der Waals surface area contributed by atoms with Crippen LogP contribution in [0.2, 0.25) is 0 Å². The first-order valence-electron chi connectivity index (χ1n) is 4.42. The van der Waals surface area contributed by atoms with E-state index < -0.39 is 0 Å². The lowest BCUT2D eigenvalue weighted by Crippen LogP contribution is -2.05. The second-order valence-electron chi connectivity index (χ2n) is 2.89. The Labute approximate surface area is 83.3 Å². The monoisotopic (exact) mass is 192 g/mol. The molecule has 0 bridgehead atoms. The molecule has 0 aliphatic carbocycles. The predicted molar refractivity (Wildman–Crippen MR) is 56.2 cm³/mol. The lowest BCUT2D eigenvalue weighted by Gasteiger charge is -1.96. The van der Waals surface area contributed by atoms with Crippen LogP contribution in [0.3, 0.4) is 0 Å². The van der Waals surface area contributed by atoms with Crippen LogP contribution in [-0.2, 0) is 0 Å². The number of nitrogens with two attached hydrogens (primary N) is 1. The zero-order valence-corrected chi connectivity index (χ0v) is 8.10. The van der Waals surface area contributed by atoms with Crippen molar-refractivity contribution >= 4 is 5.69 Å². The topological polar surface area (TPSA) is 38.0 Å². The summed E-state index contributed by atoms with van der Waals surface area (Å²) in [5.41, 5.74) is 6.65. The summed E-state index contributed by atoms with van der Waals surface area (Å²) in [6, 6.07) is 4.23. The van der Waals surface area contributed by atoms with E-state index >= 15 is 0 Å². The summed E-state index contributed by atoms with van der Waals surface area (Å²) >= 11 is 0. The average Bonchev–Trinajstić information content (AvgIpc) is 2.15. The van der Waals surface area contributed by atoms with Crippen LogP contribution in [0.5, 0.6) is 0 Å². The second kappa shape index (κ2) is 5.25. The quantitative estimate of drug-likeness (QED) is 0.422.